The van der Waals surface area contributed by atoms with Crippen LogP contribution in [0.4, 0.5) is 4.39 Å². The van der Waals surface area contributed by atoms with Gasteiger partial charge in [-0.25, -0.2) is 4.39 Å². The summed E-state index contributed by atoms with van der Waals surface area (Å²) in [6.45, 7) is 0.559. The van der Waals surface area contributed by atoms with Crippen molar-refractivity contribution in [2.24, 2.45) is 0 Å². The van der Waals surface area contributed by atoms with E-state index >= 15 is 0 Å². The van der Waals surface area contributed by atoms with E-state index in [1.165, 1.54) is 25.3 Å². The van der Waals surface area contributed by atoms with Crippen LogP contribution < -0.4 is 0 Å². The van der Waals surface area contributed by atoms with Crippen LogP contribution in [0.25, 0.3) is 0 Å². The fourth-order valence-corrected chi connectivity index (χ4v) is 2.83. The van der Waals surface area contributed by atoms with Gasteiger partial charge in [0.25, 0.3) is 0 Å². The molecular weight excluding hydrogens is 271 g/mol. The van der Waals surface area contributed by atoms with Gasteiger partial charge in [-0.15, -0.1) is 0 Å². The minimum Gasteiger partial charge on any atom is -0.468 e. The van der Waals surface area contributed by atoms with Gasteiger partial charge in [0.1, 0.15) is 5.82 Å². The lowest BCUT2D eigenvalue weighted by Crippen LogP contribution is -2.37. The number of carbonyl (C=O) groups is 1. The van der Waals surface area contributed by atoms with E-state index in [0.29, 0.717) is 23.7 Å². The third-order valence-electron chi connectivity index (χ3n) is 3.96. The van der Waals surface area contributed by atoms with Crippen LogP contribution in [0.2, 0.25) is 0 Å². The second kappa shape index (κ2) is 7.19. The number of rotatable bonds is 5. The number of esters is 1. The molecule has 0 amide bonds. The molecule has 1 aromatic rings. The van der Waals surface area contributed by atoms with Crippen molar-refractivity contribution >= 4 is 5.97 Å². The first kappa shape index (κ1) is 15.5. The smallest absolute Gasteiger partial charge is 0.319 e. The van der Waals surface area contributed by atoms with E-state index in [9.17, 15) is 9.18 Å². The Labute approximate surface area is 124 Å². The number of nitrogens with zero attached hydrogens (tertiary/aromatic N) is 2. The van der Waals surface area contributed by atoms with Crippen molar-refractivity contribution in [3.8, 4) is 6.07 Å². The van der Waals surface area contributed by atoms with Crippen LogP contribution >= 0.6 is 0 Å². The van der Waals surface area contributed by atoms with Gasteiger partial charge in [-0.2, -0.15) is 5.26 Å². The maximum absolute atomic E-state index is 13.4. The molecule has 1 aromatic carbocycles. The molecule has 0 bridgehead atoms. The van der Waals surface area contributed by atoms with E-state index in [1.807, 2.05) is 4.90 Å². The fraction of sp³-hybridized carbons (Fsp3) is 0.500. The number of benzene rings is 1. The van der Waals surface area contributed by atoms with Crippen molar-refractivity contribution in [3.63, 3.8) is 0 Å². The molecule has 0 atom stereocenters. The first-order chi connectivity index (χ1) is 10.1. The monoisotopic (exact) mass is 290 g/mol. The van der Waals surface area contributed by atoms with Gasteiger partial charge in [-0.05, 0) is 36.6 Å². The molecule has 1 aliphatic rings. The molecule has 0 aromatic heterocycles. The van der Waals surface area contributed by atoms with Crippen LogP contribution in [0.5, 0.6) is 0 Å². The van der Waals surface area contributed by atoms with Crippen LogP contribution in [-0.2, 0) is 16.1 Å². The molecule has 21 heavy (non-hydrogen) atoms. The highest BCUT2D eigenvalue weighted by Gasteiger charge is 2.25. The summed E-state index contributed by atoms with van der Waals surface area (Å²) in [6.07, 6.45) is 4.32. The Kier molecular flexibility index (Phi) is 5.29. The molecule has 2 rings (SSSR count). The predicted octanol–water partition coefficient (Wildman–Crippen LogP) is 2.61. The average molecular weight is 290 g/mol. The molecule has 4 nitrogen and oxygen atoms in total. The Bertz CT molecular complexity index is 548. The summed E-state index contributed by atoms with van der Waals surface area (Å²) in [7, 11) is 1.36. The highest BCUT2D eigenvalue weighted by Crippen LogP contribution is 2.25. The minimum atomic E-state index is -0.367. The third kappa shape index (κ3) is 4.02. The zero-order valence-electron chi connectivity index (χ0n) is 12.1. The minimum absolute atomic E-state index is 0.169. The van der Waals surface area contributed by atoms with Gasteiger partial charge in [0.15, 0.2) is 0 Å². The van der Waals surface area contributed by atoms with Gasteiger partial charge >= 0.3 is 5.97 Å². The van der Waals surface area contributed by atoms with E-state index < -0.39 is 0 Å². The van der Waals surface area contributed by atoms with Crippen LogP contribution in [-0.4, -0.2) is 30.6 Å². The number of carbonyl (C=O) groups excluding carboxylic acids is 1. The Morgan fingerprint density at radius 3 is 2.81 bits per heavy atom. The zero-order chi connectivity index (χ0) is 15.2. The topological polar surface area (TPSA) is 53.3 Å². The van der Waals surface area contributed by atoms with Crippen LogP contribution in [0.1, 0.15) is 36.8 Å². The summed E-state index contributed by atoms with van der Waals surface area (Å²) < 4.78 is 18.2. The van der Waals surface area contributed by atoms with Crippen molar-refractivity contribution in [2.75, 3.05) is 13.7 Å². The Morgan fingerprint density at radius 1 is 1.48 bits per heavy atom. The maximum atomic E-state index is 13.4. The number of methoxy groups -OCH3 is 1. The normalized spacial score (nSPS) is 15.1. The molecule has 1 fully saturated rings. The van der Waals surface area contributed by atoms with Gasteiger partial charge in [-0.3, -0.25) is 9.69 Å². The number of nitriles is 1. The van der Waals surface area contributed by atoms with Gasteiger partial charge in [-0.1, -0.05) is 12.8 Å². The van der Waals surface area contributed by atoms with Gasteiger partial charge in [0.2, 0.25) is 0 Å². The zero-order valence-corrected chi connectivity index (χ0v) is 12.1. The molecule has 112 valence electrons. The molecule has 0 radical (unpaired) electrons. The van der Waals surface area contributed by atoms with Gasteiger partial charge in [0.05, 0.1) is 25.3 Å². The molecule has 0 N–H and O–H groups in total. The third-order valence-corrected chi connectivity index (χ3v) is 3.96. The molecule has 0 heterocycles. The first-order valence-electron chi connectivity index (χ1n) is 7.13. The molecule has 0 spiro atoms. The highest BCUT2D eigenvalue weighted by molar-refractivity contribution is 5.71. The molecule has 1 aliphatic carbocycles. The summed E-state index contributed by atoms with van der Waals surface area (Å²) in [5.74, 6) is -0.676. The lowest BCUT2D eigenvalue weighted by Gasteiger charge is -2.28. The predicted molar refractivity (Wildman–Crippen MR) is 75.8 cm³/mol. The van der Waals surface area contributed by atoms with Crippen LogP contribution in [0.15, 0.2) is 18.2 Å². The molecule has 0 unspecified atom stereocenters. The van der Waals surface area contributed by atoms with Gasteiger partial charge in [0, 0.05) is 12.6 Å². The second-order valence-corrected chi connectivity index (χ2v) is 5.33. The quantitative estimate of drug-likeness (QED) is 0.782. The molecular formula is C16H19FN2O2. The SMILES string of the molecule is COC(=O)CN(Cc1cc(F)ccc1C#N)C1CCCC1. The number of hydrogen-bond donors (Lipinski definition) is 0. The molecule has 0 aliphatic heterocycles. The van der Waals surface area contributed by atoms with E-state index in [1.54, 1.807) is 0 Å². The fourth-order valence-electron chi connectivity index (χ4n) is 2.83. The summed E-state index contributed by atoms with van der Waals surface area (Å²) >= 11 is 0. The molecule has 1 saturated carbocycles. The Morgan fingerprint density at radius 2 is 2.19 bits per heavy atom. The standard InChI is InChI=1S/C16H19FN2O2/c1-21-16(20)11-19(15-4-2-3-5-15)10-13-8-14(17)7-6-12(13)9-18/h6-8,15H,2-5,10-11H2,1H3. The van der Waals surface area contributed by atoms with Crippen molar-refractivity contribution in [3.05, 3.63) is 35.1 Å². The summed E-state index contributed by atoms with van der Waals surface area (Å²) in [4.78, 5) is 13.6. The Hall–Kier alpha value is -1.93. The largest absolute Gasteiger partial charge is 0.468 e. The highest BCUT2D eigenvalue weighted by atomic mass is 19.1. The van der Waals surface area contributed by atoms with E-state index in [4.69, 9.17) is 10.00 Å². The summed E-state index contributed by atoms with van der Waals surface area (Å²) in [6, 6.07) is 6.50. The molecule has 0 saturated heterocycles. The number of ether oxygens (including phenoxy) is 1. The van der Waals surface area contributed by atoms with Gasteiger partial charge < -0.3 is 4.74 Å². The van der Waals surface area contributed by atoms with Crippen molar-refractivity contribution in [2.45, 2.75) is 38.3 Å². The second-order valence-electron chi connectivity index (χ2n) is 5.33. The number of halogens is 1. The lowest BCUT2D eigenvalue weighted by atomic mass is 10.1. The van der Waals surface area contributed by atoms with Crippen LogP contribution in [0, 0.1) is 17.1 Å². The van der Waals surface area contributed by atoms with E-state index in [0.717, 1.165) is 25.7 Å². The van der Waals surface area contributed by atoms with Crippen molar-refractivity contribution < 1.29 is 13.9 Å². The van der Waals surface area contributed by atoms with E-state index in [2.05, 4.69) is 6.07 Å². The molecule has 5 heteroatoms. The summed E-state index contributed by atoms with van der Waals surface area (Å²) in [5.41, 5.74) is 1.07. The first-order valence-corrected chi connectivity index (χ1v) is 7.13. The van der Waals surface area contributed by atoms with Crippen LogP contribution in [0.3, 0.4) is 0 Å². The van der Waals surface area contributed by atoms with Crippen molar-refractivity contribution in [1.29, 1.82) is 5.26 Å². The Balaban J connectivity index is 2.19. The lowest BCUT2D eigenvalue weighted by molar-refractivity contribution is -0.142. The number of hydrogen-bond acceptors (Lipinski definition) is 4. The van der Waals surface area contributed by atoms with Crippen molar-refractivity contribution in [1.82, 2.24) is 4.90 Å². The maximum Gasteiger partial charge on any atom is 0.319 e. The average Bonchev–Trinajstić information content (AvgIpc) is 3.01. The van der Waals surface area contributed by atoms with E-state index in [-0.39, 0.29) is 18.3 Å². The summed E-state index contributed by atoms with van der Waals surface area (Å²) in [5, 5.41) is 9.13.